The van der Waals surface area contributed by atoms with Crippen LogP contribution in [-0.4, -0.2) is 74.8 Å². The molecule has 8 N–H and O–H groups in total. The van der Waals surface area contributed by atoms with Gasteiger partial charge in [0, 0.05) is 35.7 Å². The van der Waals surface area contributed by atoms with Crippen molar-refractivity contribution < 1.29 is 34.2 Å². The number of amides is 3. The predicted molar refractivity (Wildman–Crippen MR) is 154 cm³/mol. The first kappa shape index (κ1) is 31.2. The summed E-state index contributed by atoms with van der Waals surface area (Å²) in [6.45, 7) is 0. The van der Waals surface area contributed by atoms with E-state index >= 15 is 0 Å². The maximum atomic E-state index is 13.3. The van der Waals surface area contributed by atoms with Gasteiger partial charge in [-0.3, -0.25) is 19.2 Å². The number of thiol groups is 1. The zero-order valence-corrected chi connectivity index (χ0v) is 23.0. The summed E-state index contributed by atoms with van der Waals surface area (Å²) in [5.74, 6) is -4.94. The van der Waals surface area contributed by atoms with Gasteiger partial charge in [0.2, 0.25) is 17.7 Å². The van der Waals surface area contributed by atoms with Gasteiger partial charge in [0.25, 0.3) is 0 Å². The van der Waals surface area contributed by atoms with E-state index in [-0.39, 0.29) is 25.0 Å². The van der Waals surface area contributed by atoms with E-state index in [0.717, 1.165) is 22.0 Å². The smallest absolute Gasteiger partial charge is 0.326 e. The number of nitrogens with two attached hydrogens (primary N) is 1. The molecule has 0 bridgehead atoms. The largest absolute Gasteiger partial charge is 0.481 e. The number of rotatable bonds is 15. The third kappa shape index (κ3) is 9.08. The Morgan fingerprint density at radius 2 is 1.41 bits per heavy atom. The van der Waals surface area contributed by atoms with Crippen LogP contribution >= 0.6 is 12.6 Å². The number of aromatic amines is 1. The number of carboxylic acid groups (broad SMARTS) is 2. The fourth-order valence-electron chi connectivity index (χ4n) is 4.23. The quantitative estimate of drug-likeness (QED) is 0.119. The molecule has 12 nitrogen and oxygen atoms in total. The molecule has 0 radical (unpaired) electrons. The lowest BCUT2D eigenvalue weighted by molar-refractivity contribution is -0.143. The highest BCUT2D eigenvalue weighted by Gasteiger charge is 2.30. The minimum atomic E-state index is -1.47. The summed E-state index contributed by atoms with van der Waals surface area (Å²) in [6, 6.07) is 11.7. The molecule has 3 amide bonds. The summed E-state index contributed by atoms with van der Waals surface area (Å²) in [5.41, 5.74) is 8.70. The maximum absolute atomic E-state index is 13.3. The Bertz CT molecular complexity index is 1380. The number of hydrogen-bond donors (Lipinski definition) is 8. The number of aliphatic carboxylic acids is 2. The number of H-pyrrole nitrogens is 1. The van der Waals surface area contributed by atoms with E-state index in [1.807, 2.05) is 24.3 Å². The summed E-state index contributed by atoms with van der Waals surface area (Å²) < 4.78 is 0. The number of benzene rings is 2. The third-order valence-electron chi connectivity index (χ3n) is 6.44. The number of nitrogens with one attached hydrogen (secondary N) is 4. The molecule has 0 spiro atoms. The molecule has 3 aromatic rings. The van der Waals surface area contributed by atoms with Crippen LogP contribution in [0.15, 0.2) is 60.8 Å². The monoisotopic (exact) mass is 583 g/mol. The van der Waals surface area contributed by atoms with Crippen LogP contribution in [0.3, 0.4) is 0 Å². The van der Waals surface area contributed by atoms with Crippen LogP contribution in [0.1, 0.15) is 24.0 Å². The topological polar surface area (TPSA) is 204 Å². The molecule has 0 aliphatic rings. The molecule has 218 valence electrons. The third-order valence-corrected chi connectivity index (χ3v) is 6.81. The van der Waals surface area contributed by atoms with Crippen LogP contribution in [0.5, 0.6) is 0 Å². The van der Waals surface area contributed by atoms with Crippen LogP contribution in [0, 0.1) is 0 Å². The number of carboxylic acids is 2. The van der Waals surface area contributed by atoms with Gasteiger partial charge in [-0.05, 0) is 30.0 Å². The van der Waals surface area contributed by atoms with Gasteiger partial charge in [0.05, 0.1) is 6.04 Å². The number of aromatic nitrogens is 1. The second kappa shape index (κ2) is 14.9. The van der Waals surface area contributed by atoms with E-state index in [1.165, 1.54) is 0 Å². The van der Waals surface area contributed by atoms with Crippen molar-refractivity contribution in [3.63, 3.8) is 0 Å². The minimum absolute atomic E-state index is 0.0927. The van der Waals surface area contributed by atoms with Gasteiger partial charge in [-0.25, -0.2) is 4.79 Å². The van der Waals surface area contributed by atoms with Crippen molar-refractivity contribution in [1.29, 1.82) is 0 Å². The zero-order valence-electron chi connectivity index (χ0n) is 22.1. The molecule has 0 aliphatic heterocycles. The second-order valence-corrected chi connectivity index (χ2v) is 9.86. The molecular weight excluding hydrogens is 550 g/mol. The lowest BCUT2D eigenvalue weighted by atomic mass is 10.0. The normalized spacial score (nSPS) is 13.9. The molecule has 1 aromatic heterocycles. The molecule has 13 heteroatoms. The minimum Gasteiger partial charge on any atom is -0.481 e. The van der Waals surface area contributed by atoms with Gasteiger partial charge in [-0.1, -0.05) is 48.5 Å². The highest BCUT2D eigenvalue weighted by Crippen LogP contribution is 2.19. The van der Waals surface area contributed by atoms with Crippen LogP contribution in [-0.2, 0) is 36.8 Å². The standard InChI is InChI=1S/C28H33N5O7S/c29-19(13-17-14-30-20-9-5-4-8-18(17)20)25(36)32-22(12-16-6-2-1-3-7-16)26(37)33-23(15-41)27(38)31-21(28(39)40)10-11-24(34)35/h1-9,14,19,21-23,30,41H,10-13,15,29H2,(H,31,38)(H,32,36)(H,33,37)(H,34,35)(H,39,40). The predicted octanol–water partition coefficient (Wildman–Crippen LogP) is 0.614. The van der Waals surface area contributed by atoms with E-state index in [1.54, 1.807) is 36.5 Å². The Kier molecular flexibility index (Phi) is 11.3. The van der Waals surface area contributed by atoms with Crippen molar-refractivity contribution >= 4 is 53.2 Å². The lowest BCUT2D eigenvalue weighted by Gasteiger charge is -2.24. The molecule has 4 unspecified atom stereocenters. The average Bonchev–Trinajstić information content (AvgIpc) is 3.36. The Labute approximate surface area is 241 Å². The summed E-state index contributed by atoms with van der Waals surface area (Å²) in [5, 5.41) is 26.6. The van der Waals surface area contributed by atoms with E-state index in [4.69, 9.17) is 10.8 Å². The molecule has 41 heavy (non-hydrogen) atoms. The Morgan fingerprint density at radius 3 is 2.07 bits per heavy atom. The van der Waals surface area contributed by atoms with Gasteiger partial charge in [0.15, 0.2) is 0 Å². The van der Waals surface area contributed by atoms with Crippen LogP contribution in [0.2, 0.25) is 0 Å². The molecule has 0 saturated heterocycles. The fraction of sp³-hybridized carbons (Fsp3) is 0.321. The highest BCUT2D eigenvalue weighted by atomic mass is 32.1. The van der Waals surface area contributed by atoms with E-state index < -0.39 is 60.2 Å². The van der Waals surface area contributed by atoms with Crippen molar-refractivity contribution in [3.05, 3.63) is 71.9 Å². The SMILES string of the molecule is NC(Cc1c[nH]c2ccccc12)C(=O)NC(Cc1ccccc1)C(=O)NC(CS)C(=O)NC(CCC(=O)O)C(=O)O. The van der Waals surface area contributed by atoms with Crippen LogP contribution < -0.4 is 21.7 Å². The molecule has 3 rings (SSSR count). The van der Waals surface area contributed by atoms with Crippen molar-refractivity contribution in [2.45, 2.75) is 49.9 Å². The number of carbonyl (C=O) groups is 5. The summed E-state index contributed by atoms with van der Waals surface area (Å²) in [6.07, 6.45) is 1.27. The van der Waals surface area contributed by atoms with Crippen LogP contribution in [0.4, 0.5) is 0 Å². The number of fused-ring (bicyclic) bond motifs is 1. The van der Waals surface area contributed by atoms with Gasteiger partial charge < -0.3 is 36.9 Å². The van der Waals surface area contributed by atoms with Gasteiger partial charge in [0.1, 0.15) is 18.1 Å². The first-order chi connectivity index (χ1) is 19.6. The Hall–Kier alpha value is -4.36. The number of hydrogen-bond acceptors (Lipinski definition) is 7. The number of carbonyl (C=O) groups excluding carboxylic acids is 3. The van der Waals surface area contributed by atoms with Crippen molar-refractivity contribution in [2.75, 3.05) is 5.75 Å². The average molecular weight is 584 g/mol. The van der Waals surface area contributed by atoms with E-state index in [0.29, 0.717) is 0 Å². The van der Waals surface area contributed by atoms with Crippen molar-refractivity contribution in [3.8, 4) is 0 Å². The first-order valence-corrected chi connectivity index (χ1v) is 13.5. The van der Waals surface area contributed by atoms with E-state index in [2.05, 4.69) is 33.6 Å². The van der Waals surface area contributed by atoms with Gasteiger partial charge >= 0.3 is 11.9 Å². The summed E-state index contributed by atoms with van der Waals surface area (Å²) in [4.78, 5) is 64.7. The molecule has 4 atom stereocenters. The summed E-state index contributed by atoms with van der Waals surface area (Å²) >= 11 is 4.11. The van der Waals surface area contributed by atoms with Crippen LogP contribution in [0.25, 0.3) is 10.9 Å². The highest BCUT2D eigenvalue weighted by molar-refractivity contribution is 7.80. The molecule has 0 saturated carbocycles. The fourth-order valence-corrected chi connectivity index (χ4v) is 4.49. The maximum Gasteiger partial charge on any atom is 0.326 e. The Balaban J connectivity index is 1.71. The molecule has 0 fully saturated rings. The van der Waals surface area contributed by atoms with Gasteiger partial charge in [-0.2, -0.15) is 12.6 Å². The van der Waals surface area contributed by atoms with Crippen molar-refractivity contribution in [1.82, 2.24) is 20.9 Å². The van der Waals surface area contributed by atoms with Crippen molar-refractivity contribution in [2.24, 2.45) is 5.73 Å². The molecule has 1 heterocycles. The van der Waals surface area contributed by atoms with Gasteiger partial charge in [-0.15, -0.1) is 0 Å². The van der Waals surface area contributed by atoms with E-state index in [9.17, 15) is 29.1 Å². The lowest BCUT2D eigenvalue weighted by Crippen LogP contribution is -2.58. The molecular formula is C28H33N5O7S. The molecule has 0 aliphatic carbocycles. The number of para-hydroxylation sites is 1. The first-order valence-electron chi connectivity index (χ1n) is 12.9. The molecule has 2 aromatic carbocycles. The zero-order chi connectivity index (χ0) is 29.9. The Morgan fingerprint density at radius 1 is 0.805 bits per heavy atom. The summed E-state index contributed by atoms with van der Waals surface area (Å²) in [7, 11) is 0. The second-order valence-electron chi connectivity index (χ2n) is 9.50.